The third-order valence-electron chi connectivity index (χ3n) is 3.44. The Morgan fingerprint density at radius 1 is 1.45 bits per heavy atom. The Balaban J connectivity index is 2.50. The smallest absolute Gasteiger partial charge is 0.223 e. The topological polar surface area (TPSA) is 64.3 Å². The number of nitrogens with zero attached hydrogens (tertiary/aromatic N) is 3. The molecule has 0 aromatic carbocycles. The van der Waals surface area contributed by atoms with Crippen LogP contribution < -0.4 is 10.6 Å². The van der Waals surface area contributed by atoms with Crippen LogP contribution in [0, 0.1) is 6.92 Å². The van der Waals surface area contributed by atoms with Gasteiger partial charge in [-0.05, 0) is 26.3 Å². The van der Waals surface area contributed by atoms with Crippen LogP contribution in [0.1, 0.15) is 25.1 Å². The van der Waals surface area contributed by atoms with Crippen molar-refractivity contribution in [3.8, 4) is 0 Å². The monoisotopic (exact) mass is 294 g/mol. The largest absolute Gasteiger partial charge is 0.383 e. The molecule has 1 atom stereocenters. The van der Waals surface area contributed by atoms with Crippen molar-refractivity contribution in [2.45, 2.75) is 33.2 Å². The van der Waals surface area contributed by atoms with Gasteiger partial charge >= 0.3 is 0 Å². The molecular formula is C14H22N4OS. The molecule has 2 N–H and O–H groups in total. The zero-order chi connectivity index (χ0) is 14.7. The number of ether oxygens (including phenoxy) is 1. The summed E-state index contributed by atoms with van der Waals surface area (Å²) < 4.78 is 5.22. The molecule has 6 heteroatoms. The van der Waals surface area contributed by atoms with E-state index in [4.69, 9.17) is 10.5 Å². The summed E-state index contributed by atoms with van der Waals surface area (Å²) in [5, 5.41) is 1.08. The Labute approximate surface area is 123 Å². The third kappa shape index (κ3) is 3.02. The number of nitrogen functional groups attached to an aromatic ring is 1. The summed E-state index contributed by atoms with van der Waals surface area (Å²) in [6, 6.07) is 2.51. The molecule has 0 amide bonds. The summed E-state index contributed by atoms with van der Waals surface area (Å²) in [4.78, 5) is 13.2. The van der Waals surface area contributed by atoms with E-state index in [-0.39, 0.29) is 0 Å². The van der Waals surface area contributed by atoms with Gasteiger partial charge in [0, 0.05) is 24.6 Å². The molecule has 2 heterocycles. The zero-order valence-corrected chi connectivity index (χ0v) is 13.3. The summed E-state index contributed by atoms with van der Waals surface area (Å²) in [6.07, 6.45) is 1.04. The first kappa shape index (κ1) is 15.0. The van der Waals surface area contributed by atoms with Crippen LogP contribution in [0.15, 0.2) is 6.07 Å². The minimum absolute atomic E-state index is 0.333. The van der Waals surface area contributed by atoms with Crippen molar-refractivity contribution in [2.75, 3.05) is 30.9 Å². The van der Waals surface area contributed by atoms with Crippen LogP contribution in [0.3, 0.4) is 0 Å². The number of aromatic nitrogens is 2. The summed E-state index contributed by atoms with van der Waals surface area (Å²) >= 11 is 1.65. The lowest BCUT2D eigenvalue weighted by molar-refractivity contribution is 0.203. The zero-order valence-electron chi connectivity index (χ0n) is 12.5. The van der Waals surface area contributed by atoms with Gasteiger partial charge in [-0.2, -0.15) is 4.98 Å². The van der Waals surface area contributed by atoms with Crippen LogP contribution in [-0.4, -0.2) is 36.3 Å². The minimum atomic E-state index is 0.333. The molecule has 0 spiro atoms. The van der Waals surface area contributed by atoms with E-state index < -0.39 is 0 Å². The van der Waals surface area contributed by atoms with Gasteiger partial charge in [-0.25, -0.2) is 4.98 Å². The molecule has 0 radical (unpaired) electrons. The molecule has 2 aromatic rings. The van der Waals surface area contributed by atoms with Crippen LogP contribution in [-0.2, 0) is 4.74 Å². The van der Waals surface area contributed by atoms with Crippen LogP contribution in [0.2, 0.25) is 0 Å². The van der Waals surface area contributed by atoms with Crippen LogP contribution in [0.4, 0.5) is 11.8 Å². The van der Waals surface area contributed by atoms with Gasteiger partial charge in [-0.1, -0.05) is 6.92 Å². The Bertz CT molecular complexity index is 584. The Kier molecular flexibility index (Phi) is 4.77. The van der Waals surface area contributed by atoms with Gasteiger partial charge in [0.15, 0.2) is 0 Å². The van der Waals surface area contributed by atoms with Crippen molar-refractivity contribution in [2.24, 2.45) is 0 Å². The molecule has 20 heavy (non-hydrogen) atoms. The maximum atomic E-state index is 5.87. The van der Waals surface area contributed by atoms with E-state index in [0.717, 1.165) is 29.0 Å². The van der Waals surface area contributed by atoms with Gasteiger partial charge in [-0.15, -0.1) is 11.3 Å². The lowest BCUT2D eigenvalue weighted by Crippen LogP contribution is -2.36. The van der Waals surface area contributed by atoms with Gasteiger partial charge in [-0.3, -0.25) is 0 Å². The first-order chi connectivity index (χ1) is 9.56. The first-order valence-corrected chi connectivity index (χ1v) is 7.67. The van der Waals surface area contributed by atoms with Crippen molar-refractivity contribution < 1.29 is 4.74 Å². The fraction of sp³-hybridized carbons (Fsp3) is 0.571. The van der Waals surface area contributed by atoms with Crippen molar-refractivity contribution >= 4 is 33.3 Å². The normalized spacial score (nSPS) is 12.8. The van der Waals surface area contributed by atoms with E-state index in [1.54, 1.807) is 18.4 Å². The Morgan fingerprint density at radius 3 is 2.85 bits per heavy atom. The molecule has 0 aliphatic heterocycles. The van der Waals surface area contributed by atoms with Crippen LogP contribution >= 0.6 is 11.3 Å². The number of anilines is 2. The van der Waals surface area contributed by atoms with E-state index in [2.05, 4.69) is 41.7 Å². The standard InChI is InChI=1S/C14H22N4OS/c1-5-9(2)18(6-7-19-4)12-11-8-10(3)20-13(11)17-14(15)16-12/h8-9H,5-7H2,1-4H3,(H2,15,16,17). The summed E-state index contributed by atoms with van der Waals surface area (Å²) in [5.41, 5.74) is 5.87. The van der Waals surface area contributed by atoms with Crippen molar-refractivity contribution in [1.82, 2.24) is 9.97 Å². The quantitative estimate of drug-likeness (QED) is 0.887. The average Bonchev–Trinajstić information content (AvgIpc) is 2.78. The van der Waals surface area contributed by atoms with Gasteiger partial charge in [0.25, 0.3) is 0 Å². The van der Waals surface area contributed by atoms with Gasteiger partial charge in [0.05, 0.1) is 12.0 Å². The number of methoxy groups -OCH3 is 1. The average molecular weight is 294 g/mol. The lowest BCUT2D eigenvalue weighted by atomic mass is 10.2. The van der Waals surface area contributed by atoms with Gasteiger partial charge in [0.1, 0.15) is 10.6 Å². The van der Waals surface area contributed by atoms with Crippen molar-refractivity contribution in [3.05, 3.63) is 10.9 Å². The van der Waals surface area contributed by atoms with Crippen molar-refractivity contribution in [1.29, 1.82) is 0 Å². The third-order valence-corrected chi connectivity index (χ3v) is 4.39. The maximum Gasteiger partial charge on any atom is 0.223 e. The van der Waals surface area contributed by atoms with Crippen LogP contribution in [0.5, 0.6) is 0 Å². The fourth-order valence-corrected chi connectivity index (χ4v) is 3.09. The summed E-state index contributed by atoms with van der Waals surface area (Å²) in [7, 11) is 1.72. The molecule has 0 aliphatic carbocycles. The minimum Gasteiger partial charge on any atom is -0.383 e. The molecule has 0 saturated heterocycles. The number of fused-ring (bicyclic) bond motifs is 1. The molecule has 0 saturated carbocycles. The summed E-state index contributed by atoms with van der Waals surface area (Å²) in [5.74, 6) is 1.25. The van der Waals surface area contributed by atoms with Gasteiger partial charge < -0.3 is 15.4 Å². The lowest BCUT2D eigenvalue weighted by Gasteiger charge is -2.30. The van der Waals surface area contributed by atoms with E-state index >= 15 is 0 Å². The second-order valence-corrected chi connectivity index (χ2v) is 6.16. The fourth-order valence-electron chi connectivity index (χ4n) is 2.21. The number of nitrogens with two attached hydrogens (primary N) is 1. The van der Waals surface area contributed by atoms with Crippen molar-refractivity contribution in [3.63, 3.8) is 0 Å². The van der Waals surface area contributed by atoms with E-state index in [0.29, 0.717) is 18.6 Å². The van der Waals surface area contributed by atoms with E-state index in [1.807, 2.05) is 0 Å². The van der Waals surface area contributed by atoms with Gasteiger partial charge in [0.2, 0.25) is 5.95 Å². The van der Waals surface area contributed by atoms with E-state index in [1.165, 1.54) is 4.88 Å². The maximum absolute atomic E-state index is 5.87. The molecular weight excluding hydrogens is 272 g/mol. The molecule has 1 unspecified atom stereocenters. The number of hydrogen-bond acceptors (Lipinski definition) is 6. The SMILES string of the molecule is CCC(C)N(CCOC)c1nc(N)nc2sc(C)cc12. The molecule has 2 rings (SSSR count). The predicted molar refractivity (Wildman–Crippen MR) is 85.5 cm³/mol. The highest BCUT2D eigenvalue weighted by Crippen LogP contribution is 2.32. The molecule has 0 aliphatic rings. The molecule has 110 valence electrons. The number of thiophene rings is 1. The number of hydrogen-bond donors (Lipinski definition) is 1. The van der Waals surface area contributed by atoms with E-state index in [9.17, 15) is 0 Å². The number of rotatable bonds is 6. The second-order valence-electron chi connectivity index (χ2n) is 4.92. The highest BCUT2D eigenvalue weighted by atomic mass is 32.1. The number of aryl methyl sites for hydroxylation is 1. The molecule has 0 bridgehead atoms. The Hall–Kier alpha value is -1.40. The highest BCUT2D eigenvalue weighted by Gasteiger charge is 2.19. The first-order valence-electron chi connectivity index (χ1n) is 6.86. The molecule has 2 aromatic heterocycles. The summed E-state index contributed by atoms with van der Waals surface area (Å²) in [6.45, 7) is 7.91. The highest BCUT2D eigenvalue weighted by molar-refractivity contribution is 7.18. The Morgan fingerprint density at radius 2 is 2.20 bits per heavy atom. The van der Waals surface area contributed by atoms with Crippen LogP contribution in [0.25, 0.3) is 10.2 Å². The molecule has 0 fully saturated rings. The second kappa shape index (κ2) is 6.37. The molecule has 5 nitrogen and oxygen atoms in total. The predicted octanol–water partition coefficient (Wildman–Crippen LogP) is 2.83.